The summed E-state index contributed by atoms with van der Waals surface area (Å²) < 4.78 is 0. The highest BCUT2D eigenvalue weighted by molar-refractivity contribution is 5.96. The fraction of sp³-hybridized carbons (Fsp3) is 0.318. The number of piperidine rings is 1. The van der Waals surface area contributed by atoms with Gasteiger partial charge in [0.1, 0.15) is 6.07 Å². The molecule has 1 aliphatic rings. The first-order valence-electron chi connectivity index (χ1n) is 9.48. The van der Waals surface area contributed by atoms with E-state index < -0.39 is 0 Å². The number of nitriles is 1. The minimum atomic E-state index is -0.390. The molecule has 2 N–H and O–H groups in total. The normalized spacial score (nSPS) is 17.9. The lowest BCUT2D eigenvalue weighted by atomic mass is 9.95. The first-order valence-corrected chi connectivity index (χ1v) is 9.48. The van der Waals surface area contributed by atoms with Crippen LogP contribution in [0, 0.1) is 17.2 Å². The Kier molecular flexibility index (Phi) is 6.41. The van der Waals surface area contributed by atoms with E-state index in [0.717, 1.165) is 25.1 Å². The van der Waals surface area contributed by atoms with Crippen LogP contribution in [0.3, 0.4) is 0 Å². The largest absolute Gasteiger partial charge is 0.326 e. The molecule has 2 unspecified atom stereocenters. The third kappa shape index (κ3) is 4.76. The summed E-state index contributed by atoms with van der Waals surface area (Å²) in [5.41, 5.74) is 1.72. The van der Waals surface area contributed by atoms with E-state index in [0.29, 0.717) is 17.8 Å². The molecule has 2 aromatic carbocycles. The van der Waals surface area contributed by atoms with Crippen molar-refractivity contribution in [2.24, 2.45) is 5.92 Å². The van der Waals surface area contributed by atoms with E-state index in [-0.39, 0.29) is 23.8 Å². The second-order valence-electron chi connectivity index (χ2n) is 7.01. The van der Waals surface area contributed by atoms with Gasteiger partial charge in [0.05, 0.1) is 23.2 Å². The Morgan fingerprint density at radius 1 is 1.11 bits per heavy atom. The molecule has 0 aliphatic carbocycles. The maximum Gasteiger partial charge on any atom is 0.241 e. The standard InChI is InChI=1S/C22H24N4O2/c1-16(21(27)25-20-12-6-5-8-17(20)14-23)26-13-7-9-18(15-26)22(28)24-19-10-3-2-4-11-19/h2-6,8,10-12,16,18H,7,9,13,15H2,1H3,(H,24,28)(H,25,27). The van der Waals surface area contributed by atoms with Crippen LogP contribution >= 0.6 is 0 Å². The minimum absolute atomic E-state index is 0.0154. The summed E-state index contributed by atoms with van der Waals surface area (Å²) in [5, 5.41) is 15.0. The van der Waals surface area contributed by atoms with Crippen LogP contribution in [0.2, 0.25) is 0 Å². The maximum absolute atomic E-state index is 12.7. The number of amides is 2. The molecule has 0 aromatic heterocycles. The second-order valence-corrected chi connectivity index (χ2v) is 7.01. The molecule has 0 bridgehead atoms. The zero-order valence-corrected chi connectivity index (χ0v) is 15.9. The van der Waals surface area contributed by atoms with Crippen LogP contribution in [0.25, 0.3) is 0 Å². The molecule has 0 saturated carbocycles. The molecular weight excluding hydrogens is 352 g/mol. The summed E-state index contributed by atoms with van der Waals surface area (Å²) in [7, 11) is 0. The summed E-state index contributed by atoms with van der Waals surface area (Å²) in [4.78, 5) is 27.3. The van der Waals surface area contributed by atoms with Gasteiger partial charge in [-0.05, 0) is 50.6 Å². The molecule has 3 rings (SSSR count). The molecule has 1 aliphatic heterocycles. The molecule has 2 atom stereocenters. The Morgan fingerprint density at radius 2 is 1.82 bits per heavy atom. The van der Waals surface area contributed by atoms with Gasteiger partial charge in [0.25, 0.3) is 0 Å². The molecule has 1 heterocycles. The number of nitrogens with zero attached hydrogens (tertiary/aromatic N) is 2. The number of anilines is 2. The van der Waals surface area contributed by atoms with Crippen LogP contribution in [0.5, 0.6) is 0 Å². The highest BCUT2D eigenvalue weighted by atomic mass is 16.2. The molecule has 0 spiro atoms. The van der Waals surface area contributed by atoms with Crippen molar-refractivity contribution in [3.05, 3.63) is 60.2 Å². The number of hydrogen-bond donors (Lipinski definition) is 2. The summed E-state index contributed by atoms with van der Waals surface area (Å²) >= 11 is 0. The van der Waals surface area contributed by atoms with Crippen molar-refractivity contribution in [1.82, 2.24) is 4.90 Å². The van der Waals surface area contributed by atoms with E-state index in [1.54, 1.807) is 24.3 Å². The number of carbonyl (C=O) groups excluding carboxylic acids is 2. The van der Waals surface area contributed by atoms with Crippen LogP contribution in [-0.4, -0.2) is 35.8 Å². The van der Waals surface area contributed by atoms with E-state index >= 15 is 0 Å². The van der Waals surface area contributed by atoms with E-state index in [1.807, 2.05) is 42.2 Å². The van der Waals surface area contributed by atoms with Gasteiger partial charge in [0.15, 0.2) is 0 Å². The lowest BCUT2D eigenvalue weighted by Crippen LogP contribution is -2.49. The van der Waals surface area contributed by atoms with Crippen LogP contribution in [0.4, 0.5) is 11.4 Å². The highest BCUT2D eigenvalue weighted by Gasteiger charge is 2.31. The van der Waals surface area contributed by atoms with Gasteiger partial charge in [-0.2, -0.15) is 5.26 Å². The average Bonchev–Trinajstić information content (AvgIpc) is 2.74. The van der Waals surface area contributed by atoms with Gasteiger partial charge in [0, 0.05) is 12.2 Å². The molecule has 6 heteroatoms. The van der Waals surface area contributed by atoms with E-state index in [4.69, 9.17) is 0 Å². The molecule has 2 aromatic rings. The van der Waals surface area contributed by atoms with Crippen molar-refractivity contribution in [3.63, 3.8) is 0 Å². The fourth-order valence-corrected chi connectivity index (χ4v) is 3.43. The third-order valence-corrected chi connectivity index (χ3v) is 5.10. The Bertz CT molecular complexity index is 876. The third-order valence-electron chi connectivity index (χ3n) is 5.10. The number of carbonyl (C=O) groups is 2. The van der Waals surface area contributed by atoms with Crippen LogP contribution in [-0.2, 0) is 9.59 Å². The molecular formula is C22H24N4O2. The zero-order valence-electron chi connectivity index (χ0n) is 15.9. The topological polar surface area (TPSA) is 85.2 Å². The number of para-hydroxylation sites is 2. The number of nitrogens with one attached hydrogen (secondary N) is 2. The lowest BCUT2D eigenvalue weighted by molar-refractivity contribution is -0.125. The molecule has 144 valence electrons. The van der Waals surface area contributed by atoms with Crippen molar-refractivity contribution in [2.45, 2.75) is 25.8 Å². The molecule has 0 radical (unpaired) electrons. The Balaban J connectivity index is 1.60. The van der Waals surface area contributed by atoms with Gasteiger partial charge in [0.2, 0.25) is 11.8 Å². The first-order chi connectivity index (χ1) is 13.6. The minimum Gasteiger partial charge on any atom is -0.326 e. The molecule has 1 saturated heterocycles. The molecule has 2 amide bonds. The fourth-order valence-electron chi connectivity index (χ4n) is 3.43. The number of benzene rings is 2. The van der Waals surface area contributed by atoms with Crippen molar-refractivity contribution < 1.29 is 9.59 Å². The smallest absolute Gasteiger partial charge is 0.241 e. The highest BCUT2D eigenvalue weighted by Crippen LogP contribution is 2.22. The van der Waals surface area contributed by atoms with Gasteiger partial charge in [-0.1, -0.05) is 30.3 Å². The number of hydrogen-bond acceptors (Lipinski definition) is 4. The maximum atomic E-state index is 12.7. The first kappa shape index (κ1) is 19.6. The summed E-state index contributed by atoms with van der Waals surface area (Å²) in [5.74, 6) is -0.347. The van der Waals surface area contributed by atoms with Gasteiger partial charge in [-0.3, -0.25) is 14.5 Å². The molecule has 28 heavy (non-hydrogen) atoms. The van der Waals surface area contributed by atoms with Crippen LogP contribution in [0.15, 0.2) is 54.6 Å². The Labute approximate surface area is 165 Å². The summed E-state index contributed by atoms with van der Waals surface area (Å²) in [6.45, 7) is 3.14. The summed E-state index contributed by atoms with van der Waals surface area (Å²) in [6, 6.07) is 18.0. The lowest BCUT2D eigenvalue weighted by Gasteiger charge is -2.35. The van der Waals surface area contributed by atoms with Crippen molar-refractivity contribution in [3.8, 4) is 6.07 Å². The number of rotatable bonds is 5. The monoisotopic (exact) mass is 376 g/mol. The SMILES string of the molecule is CC(C(=O)Nc1ccccc1C#N)N1CCCC(C(=O)Nc2ccccc2)C1. The van der Waals surface area contributed by atoms with E-state index in [2.05, 4.69) is 16.7 Å². The van der Waals surface area contributed by atoms with Crippen molar-refractivity contribution >= 4 is 23.2 Å². The van der Waals surface area contributed by atoms with Gasteiger partial charge >= 0.3 is 0 Å². The van der Waals surface area contributed by atoms with Gasteiger partial charge in [-0.15, -0.1) is 0 Å². The van der Waals surface area contributed by atoms with Crippen LogP contribution < -0.4 is 10.6 Å². The van der Waals surface area contributed by atoms with Crippen molar-refractivity contribution in [2.75, 3.05) is 23.7 Å². The second kappa shape index (κ2) is 9.16. The van der Waals surface area contributed by atoms with Gasteiger partial charge < -0.3 is 10.6 Å². The van der Waals surface area contributed by atoms with Gasteiger partial charge in [-0.25, -0.2) is 0 Å². The Morgan fingerprint density at radius 3 is 2.57 bits per heavy atom. The quantitative estimate of drug-likeness (QED) is 0.839. The average molecular weight is 376 g/mol. The van der Waals surface area contributed by atoms with E-state index in [9.17, 15) is 14.9 Å². The summed E-state index contributed by atoms with van der Waals surface area (Å²) in [6.07, 6.45) is 1.67. The Hall–Kier alpha value is -3.17. The van der Waals surface area contributed by atoms with Crippen LogP contribution in [0.1, 0.15) is 25.3 Å². The predicted molar refractivity (Wildman–Crippen MR) is 109 cm³/mol. The van der Waals surface area contributed by atoms with Crippen molar-refractivity contribution in [1.29, 1.82) is 5.26 Å². The number of likely N-dealkylation sites (tertiary alicyclic amines) is 1. The molecule has 1 fully saturated rings. The zero-order chi connectivity index (χ0) is 19.9. The molecule has 6 nitrogen and oxygen atoms in total. The van der Waals surface area contributed by atoms with E-state index in [1.165, 1.54) is 0 Å². The predicted octanol–water partition coefficient (Wildman–Crippen LogP) is 3.24.